The van der Waals surface area contributed by atoms with E-state index in [1.807, 2.05) is 31.2 Å². The van der Waals surface area contributed by atoms with Crippen molar-refractivity contribution in [2.45, 2.75) is 18.6 Å². The topological polar surface area (TPSA) is 63.4 Å². The average Bonchev–Trinajstić information content (AvgIpc) is 2.54. The van der Waals surface area contributed by atoms with E-state index in [1.54, 1.807) is 0 Å². The molecule has 0 radical (unpaired) electrons. The molecule has 2 rings (SSSR count). The van der Waals surface area contributed by atoms with Gasteiger partial charge in [-0.1, -0.05) is 17.7 Å². The van der Waals surface area contributed by atoms with Crippen LogP contribution >= 0.6 is 0 Å². The first-order valence-corrected chi connectivity index (χ1v) is 6.84. The van der Waals surface area contributed by atoms with Gasteiger partial charge in [-0.05, 0) is 25.5 Å². The van der Waals surface area contributed by atoms with Crippen LogP contribution in [0.15, 0.2) is 24.3 Å². The lowest BCUT2D eigenvalue weighted by atomic mass is 10.2. The van der Waals surface area contributed by atoms with Gasteiger partial charge >= 0.3 is 0 Å². The molecule has 0 aromatic heterocycles. The first-order chi connectivity index (χ1) is 7.55. The van der Waals surface area contributed by atoms with Crippen molar-refractivity contribution in [1.82, 2.24) is 0 Å². The van der Waals surface area contributed by atoms with Gasteiger partial charge in [-0.15, -0.1) is 0 Å². The summed E-state index contributed by atoms with van der Waals surface area (Å²) in [7, 11) is -3.24. The van der Waals surface area contributed by atoms with Crippen molar-refractivity contribution in [3.8, 4) is 0 Å². The first-order valence-electron chi connectivity index (χ1n) is 5.34. The van der Waals surface area contributed by atoms with Gasteiger partial charge in [0.15, 0.2) is 0 Å². The normalized spacial score (nSPS) is 23.6. The van der Waals surface area contributed by atoms with Crippen LogP contribution in [0.2, 0.25) is 0 Å². The molecule has 1 aliphatic heterocycles. The molecule has 0 unspecified atom stereocenters. The maximum atomic E-state index is 12.1. The molecule has 0 aliphatic carbocycles. The second kappa shape index (κ2) is 4.07. The third-order valence-corrected chi connectivity index (χ3v) is 5.25. The van der Waals surface area contributed by atoms with Crippen LogP contribution < -0.4 is 10.0 Å². The second-order valence-electron chi connectivity index (χ2n) is 4.10. The molecule has 0 bridgehead atoms. The predicted octanol–water partition coefficient (Wildman–Crippen LogP) is 0.862. The molecular weight excluding hydrogens is 224 g/mol. The minimum absolute atomic E-state index is 0.199. The van der Waals surface area contributed by atoms with Gasteiger partial charge in [0, 0.05) is 13.1 Å². The van der Waals surface area contributed by atoms with Crippen LogP contribution in [0.3, 0.4) is 0 Å². The number of benzene rings is 1. The molecule has 5 heteroatoms. The maximum absolute atomic E-state index is 12.1. The van der Waals surface area contributed by atoms with Gasteiger partial charge in [-0.3, -0.25) is 4.31 Å². The van der Waals surface area contributed by atoms with Gasteiger partial charge in [-0.25, -0.2) is 8.42 Å². The van der Waals surface area contributed by atoms with E-state index < -0.39 is 15.3 Å². The molecule has 1 aliphatic rings. The highest BCUT2D eigenvalue weighted by Gasteiger charge is 2.37. The van der Waals surface area contributed by atoms with Gasteiger partial charge in [0.05, 0.1) is 10.9 Å². The van der Waals surface area contributed by atoms with E-state index in [9.17, 15) is 8.42 Å². The summed E-state index contributed by atoms with van der Waals surface area (Å²) < 4.78 is 25.6. The lowest BCUT2D eigenvalue weighted by Crippen LogP contribution is -2.33. The van der Waals surface area contributed by atoms with Gasteiger partial charge in [0.25, 0.3) is 0 Å². The SMILES string of the molecule is Cc1ccc(N2CC[C@H](CN)S2(=O)=O)cc1. The van der Waals surface area contributed by atoms with Crippen molar-refractivity contribution in [2.24, 2.45) is 5.73 Å². The summed E-state index contributed by atoms with van der Waals surface area (Å²) in [6, 6.07) is 7.51. The Kier molecular flexibility index (Phi) is 2.90. The third kappa shape index (κ3) is 1.81. The molecule has 1 fully saturated rings. The summed E-state index contributed by atoms with van der Waals surface area (Å²) in [5, 5.41) is -0.422. The van der Waals surface area contributed by atoms with Gasteiger partial charge in [-0.2, -0.15) is 0 Å². The fourth-order valence-corrected chi connectivity index (χ4v) is 3.73. The highest BCUT2D eigenvalue weighted by atomic mass is 32.2. The molecule has 1 atom stereocenters. The Labute approximate surface area is 96.1 Å². The summed E-state index contributed by atoms with van der Waals surface area (Å²) in [5.74, 6) is 0. The molecule has 1 saturated heterocycles. The number of aryl methyl sites for hydroxylation is 1. The minimum Gasteiger partial charge on any atom is -0.329 e. The number of nitrogens with two attached hydrogens (primary N) is 1. The number of rotatable bonds is 2. The van der Waals surface area contributed by atoms with Crippen molar-refractivity contribution in [3.63, 3.8) is 0 Å². The average molecular weight is 240 g/mol. The Bertz CT molecular complexity index is 467. The zero-order valence-electron chi connectivity index (χ0n) is 9.26. The van der Waals surface area contributed by atoms with Crippen molar-refractivity contribution in [2.75, 3.05) is 17.4 Å². The molecule has 0 spiro atoms. The molecule has 16 heavy (non-hydrogen) atoms. The van der Waals surface area contributed by atoms with Crippen LogP contribution in [0.1, 0.15) is 12.0 Å². The fraction of sp³-hybridized carbons (Fsp3) is 0.455. The Morgan fingerprint density at radius 3 is 2.50 bits per heavy atom. The molecule has 0 saturated carbocycles. The monoisotopic (exact) mass is 240 g/mol. The first kappa shape index (κ1) is 11.4. The van der Waals surface area contributed by atoms with Gasteiger partial charge in [0.2, 0.25) is 10.0 Å². The van der Waals surface area contributed by atoms with E-state index in [2.05, 4.69) is 0 Å². The number of anilines is 1. The number of nitrogens with zero attached hydrogens (tertiary/aromatic N) is 1. The Balaban J connectivity index is 2.33. The van der Waals surface area contributed by atoms with Crippen LogP contribution in [0.5, 0.6) is 0 Å². The highest BCUT2D eigenvalue weighted by molar-refractivity contribution is 7.93. The van der Waals surface area contributed by atoms with E-state index in [-0.39, 0.29) is 6.54 Å². The van der Waals surface area contributed by atoms with Crippen LogP contribution in [-0.4, -0.2) is 26.8 Å². The Morgan fingerprint density at radius 1 is 1.38 bits per heavy atom. The number of hydrogen-bond donors (Lipinski definition) is 1. The lowest BCUT2D eigenvalue weighted by Gasteiger charge is -2.18. The summed E-state index contributed by atoms with van der Waals surface area (Å²) >= 11 is 0. The van der Waals surface area contributed by atoms with Crippen LogP contribution in [0.4, 0.5) is 5.69 Å². The van der Waals surface area contributed by atoms with E-state index >= 15 is 0 Å². The molecular formula is C11H16N2O2S. The standard InChI is InChI=1S/C11H16N2O2S/c1-9-2-4-10(5-3-9)13-7-6-11(8-12)16(13,14)15/h2-5,11H,6-8,12H2,1H3/t11-/m1/s1. The van der Waals surface area contributed by atoms with E-state index in [1.165, 1.54) is 4.31 Å². The molecule has 1 aromatic carbocycles. The largest absolute Gasteiger partial charge is 0.329 e. The zero-order chi connectivity index (χ0) is 11.8. The van der Waals surface area contributed by atoms with Crippen molar-refractivity contribution in [3.05, 3.63) is 29.8 Å². The van der Waals surface area contributed by atoms with Crippen molar-refractivity contribution in [1.29, 1.82) is 0 Å². The summed E-state index contributed by atoms with van der Waals surface area (Å²) in [4.78, 5) is 0. The van der Waals surface area contributed by atoms with Crippen LogP contribution in [0.25, 0.3) is 0 Å². The second-order valence-corrected chi connectivity index (χ2v) is 6.24. The molecule has 1 heterocycles. The molecule has 4 nitrogen and oxygen atoms in total. The minimum atomic E-state index is -3.24. The van der Waals surface area contributed by atoms with Gasteiger partial charge in [0.1, 0.15) is 0 Å². The maximum Gasteiger partial charge on any atom is 0.239 e. The van der Waals surface area contributed by atoms with Crippen molar-refractivity contribution >= 4 is 15.7 Å². The quantitative estimate of drug-likeness (QED) is 0.834. The summed E-state index contributed by atoms with van der Waals surface area (Å²) in [5.41, 5.74) is 7.33. The third-order valence-electron chi connectivity index (χ3n) is 2.97. The van der Waals surface area contributed by atoms with Crippen LogP contribution in [-0.2, 0) is 10.0 Å². The Morgan fingerprint density at radius 2 is 2.00 bits per heavy atom. The van der Waals surface area contributed by atoms with Gasteiger partial charge < -0.3 is 5.73 Å². The molecule has 88 valence electrons. The van der Waals surface area contributed by atoms with Crippen molar-refractivity contribution < 1.29 is 8.42 Å². The van der Waals surface area contributed by atoms with Crippen LogP contribution in [0, 0.1) is 6.92 Å². The lowest BCUT2D eigenvalue weighted by molar-refractivity contribution is 0.588. The molecule has 0 amide bonds. The fourth-order valence-electron chi connectivity index (χ4n) is 1.94. The Hall–Kier alpha value is -1.07. The molecule has 2 N–H and O–H groups in total. The highest BCUT2D eigenvalue weighted by Crippen LogP contribution is 2.28. The van der Waals surface area contributed by atoms with E-state index in [4.69, 9.17) is 5.73 Å². The summed E-state index contributed by atoms with van der Waals surface area (Å²) in [6.45, 7) is 2.71. The smallest absolute Gasteiger partial charge is 0.239 e. The molecule has 1 aromatic rings. The predicted molar refractivity (Wildman–Crippen MR) is 64.9 cm³/mol. The summed E-state index contributed by atoms with van der Waals surface area (Å²) in [6.07, 6.45) is 0.618. The number of hydrogen-bond acceptors (Lipinski definition) is 3. The number of sulfonamides is 1. The zero-order valence-corrected chi connectivity index (χ0v) is 10.1. The van der Waals surface area contributed by atoms with E-state index in [0.29, 0.717) is 13.0 Å². The van der Waals surface area contributed by atoms with E-state index in [0.717, 1.165) is 11.3 Å².